The van der Waals surface area contributed by atoms with Gasteiger partial charge in [0.15, 0.2) is 0 Å². The Balaban J connectivity index is 2.11. The molecular weight excluding hydrogens is 238 g/mol. The molecule has 0 atom stereocenters. The fourth-order valence-electron chi connectivity index (χ4n) is 2.52. The van der Waals surface area contributed by atoms with E-state index in [1.54, 1.807) is 0 Å². The van der Waals surface area contributed by atoms with Crippen molar-refractivity contribution in [3.63, 3.8) is 0 Å². The van der Waals surface area contributed by atoms with Crippen LogP contribution in [0.3, 0.4) is 0 Å². The van der Waals surface area contributed by atoms with Gasteiger partial charge in [0.05, 0.1) is 10.9 Å². The van der Waals surface area contributed by atoms with Crippen LogP contribution in [0.1, 0.15) is 31.9 Å². The number of para-hydroxylation sites is 1. The van der Waals surface area contributed by atoms with E-state index < -0.39 is 0 Å². The van der Waals surface area contributed by atoms with E-state index in [2.05, 4.69) is 11.9 Å². The van der Waals surface area contributed by atoms with Crippen LogP contribution in [0.15, 0.2) is 39.5 Å². The zero-order valence-corrected chi connectivity index (χ0v) is 11.0. The lowest BCUT2D eigenvalue weighted by atomic mass is 10.1. The van der Waals surface area contributed by atoms with E-state index in [0.717, 1.165) is 41.4 Å². The van der Waals surface area contributed by atoms with E-state index >= 15 is 0 Å². The normalized spacial score (nSPS) is 11.4. The Bertz CT molecular complexity index is 767. The van der Waals surface area contributed by atoms with Gasteiger partial charge in [0.1, 0.15) is 5.76 Å². The maximum absolute atomic E-state index is 12.1. The van der Waals surface area contributed by atoms with Gasteiger partial charge in [0.2, 0.25) is 0 Å². The van der Waals surface area contributed by atoms with E-state index in [1.165, 1.54) is 6.42 Å². The molecule has 0 aliphatic rings. The zero-order chi connectivity index (χ0) is 13.2. The number of benzene rings is 1. The highest BCUT2D eigenvalue weighted by atomic mass is 16.4. The van der Waals surface area contributed by atoms with Crippen molar-refractivity contribution < 1.29 is 4.42 Å². The molecule has 2 aromatic heterocycles. The van der Waals surface area contributed by atoms with Gasteiger partial charge < -0.3 is 9.40 Å². The summed E-state index contributed by atoms with van der Waals surface area (Å²) in [6, 6.07) is 9.78. The molecule has 0 spiro atoms. The summed E-state index contributed by atoms with van der Waals surface area (Å²) in [5.74, 6) is 0.775. The molecule has 19 heavy (non-hydrogen) atoms. The standard InChI is InChI=1S/C16H17NO2/c1-2-3-4-7-11-10-14-15(16(18)19-11)12-8-5-6-9-13(12)17-14/h5-6,8-10,17H,2-4,7H2,1H3. The minimum Gasteiger partial charge on any atom is -0.427 e. The topological polar surface area (TPSA) is 46.0 Å². The third kappa shape index (κ3) is 2.16. The molecule has 3 nitrogen and oxygen atoms in total. The zero-order valence-electron chi connectivity index (χ0n) is 11.0. The summed E-state index contributed by atoms with van der Waals surface area (Å²) in [6.45, 7) is 2.16. The molecule has 1 N–H and O–H groups in total. The van der Waals surface area contributed by atoms with Crippen LogP contribution < -0.4 is 5.63 Å². The quantitative estimate of drug-likeness (QED) is 0.716. The van der Waals surface area contributed by atoms with Crippen molar-refractivity contribution in [3.05, 3.63) is 46.5 Å². The van der Waals surface area contributed by atoms with Gasteiger partial charge >= 0.3 is 5.63 Å². The third-order valence-electron chi connectivity index (χ3n) is 3.50. The first-order valence-corrected chi connectivity index (χ1v) is 6.83. The summed E-state index contributed by atoms with van der Waals surface area (Å²) >= 11 is 0. The van der Waals surface area contributed by atoms with Crippen molar-refractivity contribution in [2.24, 2.45) is 0 Å². The SMILES string of the molecule is CCCCCc1cc2[nH]c3ccccc3c2c(=O)o1. The summed E-state index contributed by atoms with van der Waals surface area (Å²) in [7, 11) is 0. The second kappa shape index (κ2) is 4.92. The molecule has 98 valence electrons. The van der Waals surface area contributed by atoms with Gasteiger partial charge in [-0.2, -0.15) is 0 Å². The summed E-state index contributed by atoms with van der Waals surface area (Å²) < 4.78 is 5.43. The van der Waals surface area contributed by atoms with E-state index in [-0.39, 0.29) is 5.63 Å². The van der Waals surface area contributed by atoms with Gasteiger partial charge in [-0.05, 0) is 12.5 Å². The molecule has 0 radical (unpaired) electrons. The van der Waals surface area contributed by atoms with Crippen LogP contribution in [-0.4, -0.2) is 4.98 Å². The number of hydrogen-bond donors (Lipinski definition) is 1. The molecule has 3 heteroatoms. The first kappa shape index (κ1) is 12.0. The molecule has 1 aromatic carbocycles. The first-order chi connectivity index (χ1) is 9.29. The third-order valence-corrected chi connectivity index (χ3v) is 3.50. The summed E-state index contributed by atoms with van der Waals surface area (Å²) in [4.78, 5) is 15.4. The van der Waals surface area contributed by atoms with Crippen LogP contribution in [0, 0.1) is 0 Å². The molecule has 0 bridgehead atoms. The first-order valence-electron chi connectivity index (χ1n) is 6.83. The lowest BCUT2D eigenvalue weighted by Crippen LogP contribution is -2.01. The summed E-state index contributed by atoms with van der Waals surface area (Å²) in [5.41, 5.74) is 1.63. The molecule has 0 fully saturated rings. The number of rotatable bonds is 4. The second-order valence-corrected chi connectivity index (χ2v) is 4.92. The van der Waals surface area contributed by atoms with E-state index in [1.807, 2.05) is 30.3 Å². The highest BCUT2D eigenvalue weighted by Crippen LogP contribution is 2.23. The lowest BCUT2D eigenvalue weighted by molar-refractivity contribution is 0.458. The van der Waals surface area contributed by atoms with Crippen molar-refractivity contribution in [1.82, 2.24) is 4.98 Å². The van der Waals surface area contributed by atoms with Gasteiger partial charge in [0, 0.05) is 23.4 Å². The fraction of sp³-hybridized carbons (Fsp3) is 0.312. The van der Waals surface area contributed by atoms with Crippen molar-refractivity contribution in [2.75, 3.05) is 0 Å². The van der Waals surface area contributed by atoms with E-state index in [4.69, 9.17) is 4.42 Å². The highest BCUT2D eigenvalue weighted by Gasteiger charge is 2.10. The molecule has 2 heterocycles. The van der Waals surface area contributed by atoms with Crippen LogP contribution in [-0.2, 0) is 6.42 Å². The molecule has 0 unspecified atom stereocenters. The number of hydrogen-bond acceptors (Lipinski definition) is 2. The molecule has 0 amide bonds. The summed E-state index contributed by atoms with van der Waals surface area (Å²) in [5, 5.41) is 1.60. The Labute approximate surface area is 111 Å². The van der Waals surface area contributed by atoms with Crippen molar-refractivity contribution in [1.29, 1.82) is 0 Å². The lowest BCUT2D eigenvalue weighted by Gasteiger charge is -1.99. The molecular formula is C16H17NO2. The molecule has 0 aliphatic heterocycles. The molecule has 0 saturated carbocycles. The fourth-order valence-corrected chi connectivity index (χ4v) is 2.52. The second-order valence-electron chi connectivity index (χ2n) is 4.92. The molecule has 0 aliphatic carbocycles. The Kier molecular flexibility index (Phi) is 3.11. The van der Waals surface area contributed by atoms with Gasteiger partial charge in [-0.15, -0.1) is 0 Å². The number of aromatic amines is 1. The van der Waals surface area contributed by atoms with Crippen LogP contribution in [0.4, 0.5) is 0 Å². The average Bonchev–Trinajstić information content (AvgIpc) is 2.77. The van der Waals surface area contributed by atoms with E-state index in [9.17, 15) is 4.79 Å². The minimum atomic E-state index is -0.235. The number of aromatic nitrogens is 1. The minimum absolute atomic E-state index is 0.235. The van der Waals surface area contributed by atoms with Crippen molar-refractivity contribution >= 4 is 21.8 Å². The highest BCUT2D eigenvalue weighted by molar-refractivity contribution is 6.06. The molecule has 0 saturated heterocycles. The van der Waals surface area contributed by atoms with E-state index in [0.29, 0.717) is 5.39 Å². The molecule has 3 rings (SSSR count). The summed E-state index contributed by atoms with van der Waals surface area (Å²) in [6.07, 6.45) is 4.22. The monoisotopic (exact) mass is 255 g/mol. The Hall–Kier alpha value is -2.03. The maximum Gasteiger partial charge on any atom is 0.346 e. The largest absolute Gasteiger partial charge is 0.427 e. The number of H-pyrrole nitrogens is 1. The Morgan fingerprint density at radius 2 is 2.00 bits per heavy atom. The maximum atomic E-state index is 12.1. The van der Waals surface area contributed by atoms with Gasteiger partial charge in [0.25, 0.3) is 0 Å². The predicted molar refractivity (Wildman–Crippen MR) is 77.6 cm³/mol. The predicted octanol–water partition coefficient (Wildman–Crippen LogP) is 4.01. The average molecular weight is 255 g/mol. The smallest absolute Gasteiger partial charge is 0.346 e. The van der Waals surface area contributed by atoms with Crippen molar-refractivity contribution in [3.8, 4) is 0 Å². The van der Waals surface area contributed by atoms with Gasteiger partial charge in [-0.3, -0.25) is 0 Å². The van der Waals surface area contributed by atoms with Crippen LogP contribution in [0.25, 0.3) is 21.8 Å². The van der Waals surface area contributed by atoms with Gasteiger partial charge in [-0.1, -0.05) is 38.0 Å². The molecule has 3 aromatic rings. The number of nitrogens with one attached hydrogen (secondary N) is 1. The number of aryl methyl sites for hydroxylation is 1. The van der Waals surface area contributed by atoms with Crippen molar-refractivity contribution in [2.45, 2.75) is 32.6 Å². The Morgan fingerprint density at radius 1 is 1.16 bits per heavy atom. The van der Waals surface area contributed by atoms with Crippen LogP contribution >= 0.6 is 0 Å². The van der Waals surface area contributed by atoms with Crippen LogP contribution in [0.2, 0.25) is 0 Å². The number of fused-ring (bicyclic) bond motifs is 3. The van der Waals surface area contributed by atoms with Gasteiger partial charge in [-0.25, -0.2) is 4.79 Å². The van der Waals surface area contributed by atoms with Crippen LogP contribution in [0.5, 0.6) is 0 Å². The Morgan fingerprint density at radius 3 is 2.84 bits per heavy atom. The number of unbranched alkanes of at least 4 members (excludes halogenated alkanes) is 2.